The lowest BCUT2D eigenvalue weighted by Gasteiger charge is -1.93. The first kappa shape index (κ1) is 12.2. The van der Waals surface area contributed by atoms with Crippen LogP contribution in [0.15, 0.2) is 30.5 Å². The molecule has 1 heterocycles. The molecule has 1 aromatic heterocycles. The van der Waals surface area contributed by atoms with Gasteiger partial charge in [-0.05, 0) is 6.07 Å². The van der Waals surface area contributed by atoms with Crippen molar-refractivity contribution in [2.24, 2.45) is 0 Å². The molecule has 2 rings (SSSR count). The maximum atomic E-state index is 11.5. The lowest BCUT2D eigenvalue weighted by atomic mass is 10.1. The first-order chi connectivity index (χ1) is 7.70. The molecular weight excluding hydrogens is 202 g/mol. The summed E-state index contributed by atoms with van der Waals surface area (Å²) in [5.74, 6) is -0.878. The number of carbonyl (C=O) groups is 2. The second kappa shape index (κ2) is 5.26. The molecule has 0 saturated heterocycles. The lowest BCUT2D eigenvalue weighted by molar-refractivity contribution is -0.113. The lowest BCUT2D eigenvalue weighted by Crippen LogP contribution is -2.08. The average molecular weight is 217 g/mol. The Kier molecular flexibility index (Phi) is 4.00. The Morgan fingerprint density at radius 1 is 1.12 bits per heavy atom. The third-order valence-corrected chi connectivity index (χ3v) is 2.15. The van der Waals surface area contributed by atoms with Gasteiger partial charge in [-0.1, -0.05) is 32.0 Å². The fraction of sp³-hybridized carbons (Fsp3) is 0.231. The monoisotopic (exact) mass is 217 g/mol. The van der Waals surface area contributed by atoms with E-state index in [-0.39, 0.29) is 0 Å². The van der Waals surface area contributed by atoms with Crippen LogP contribution in [0.25, 0.3) is 10.9 Å². The summed E-state index contributed by atoms with van der Waals surface area (Å²) in [5.41, 5.74) is 1.32. The summed E-state index contributed by atoms with van der Waals surface area (Å²) in [6.07, 6.45) is 1.58. The molecule has 84 valence electrons. The van der Waals surface area contributed by atoms with E-state index in [1.54, 1.807) is 6.20 Å². The van der Waals surface area contributed by atoms with Gasteiger partial charge < -0.3 is 4.98 Å². The van der Waals surface area contributed by atoms with Gasteiger partial charge in [0.05, 0.1) is 5.56 Å². The molecule has 0 aliphatic heterocycles. The smallest absolute Gasteiger partial charge is 0.230 e. The van der Waals surface area contributed by atoms with Gasteiger partial charge in [0.2, 0.25) is 5.78 Å². The van der Waals surface area contributed by atoms with Crippen LogP contribution in [0.4, 0.5) is 0 Å². The van der Waals surface area contributed by atoms with Crippen molar-refractivity contribution in [1.29, 1.82) is 0 Å². The molecule has 0 fully saturated rings. The maximum Gasteiger partial charge on any atom is 0.230 e. The van der Waals surface area contributed by atoms with E-state index in [2.05, 4.69) is 4.98 Å². The molecule has 1 N–H and O–H groups in total. The predicted molar refractivity (Wildman–Crippen MR) is 64.7 cm³/mol. The van der Waals surface area contributed by atoms with Crippen LogP contribution in [0.3, 0.4) is 0 Å². The number of nitrogens with one attached hydrogen (secondary N) is 1. The van der Waals surface area contributed by atoms with E-state index in [1.807, 2.05) is 38.1 Å². The number of H-pyrrole nitrogens is 1. The van der Waals surface area contributed by atoms with Gasteiger partial charge in [-0.2, -0.15) is 0 Å². The third kappa shape index (κ3) is 2.19. The Labute approximate surface area is 94.5 Å². The Morgan fingerprint density at radius 2 is 1.75 bits per heavy atom. The molecule has 2 aromatic rings. The molecule has 0 saturated carbocycles. The SMILES string of the molecule is CC.CC(=O)C(=O)c1c[nH]c2ccccc12. The normalized spacial score (nSPS) is 9.44. The minimum Gasteiger partial charge on any atom is -0.360 e. The van der Waals surface area contributed by atoms with Gasteiger partial charge >= 0.3 is 0 Å². The van der Waals surface area contributed by atoms with Crippen LogP contribution in [0.1, 0.15) is 31.1 Å². The van der Waals surface area contributed by atoms with Crippen molar-refractivity contribution in [3.63, 3.8) is 0 Å². The van der Waals surface area contributed by atoms with Crippen LogP contribution < -0.4 is 0 Å². The van der Waals surface area contributed by atoms with E-state index in [4.69, 9.17) is 0 Å². The number of carbonyl (C=O) groups excluding carboxylic acids is 2. The molecule has 0 bridgehead atoms. The molecule has 0 aliphatic rings. The maximum absolute atomic E-state index is 11.5. The standard InChI is InChI=1S/C11H9NO2.C2H6/c1-7(13)11(14)9-6-12-10-5-3-2-4-8(9)10;1-2/h2-6,12H,1H3;1-2H3. The summed E-state index contributed by atoms with van der Waals surface area (Å²) in [7, 11) is 0. The number of fused-ring (bicyclic) bond motifs is 1. The quantitative estimate of drug-likeness (QED) is 0.621. The van der Waals surface area contributed by atoms with Crippen LogP contribution in [0.5, 0.6) is 0 Å². The number of para-hydroxylation sites is 1. The van der Waals surface area contributed by atoms with E-state index < -0.39 is 11.6 Å². The van der Waals surface area contributed by atoms with Crippen molar-refractivity contribution < 1.29 is 9.59 Å². The second-order valence-electron chi connectivity index (χ2n) is 3.13. The summed E-state index contributed by atoms with van der Waals surface area (Å²) in [6, 6.07) is 7.40. The fourth-order valence-electron chi connectivity index (χ4n) is 1.45. The van der Waals surface area contributed by atoms with E-state index in [9.17, 15) is 9.59 Å². The fourth-order valence-corrected chi connectivity index (χ4v) is 1.45. The summed E-state index contributed by atoms with van der Waals surface area (Å²) >= 11 is 0. The Hall–Kier alpha value is -1.90. The zero-order valence-corrected chi connectivity index (χ0v) is 9.70. The molecule has 3 nitrogen and oxygen atoms in total. The topological polar surface area (TPSA) is 49.9 Å². The van der Waals surface area contributed by atoms with E-state index in [0.29, 0.717) is 5.56 Å². The van der Waals surface area contributed by atoms with Crippen LogP contribution in [0.2, 0.25) is 0 Å². The zero-order chi connectivity index (χ0) is 12.1. The summed E-state index contributed by atoms with van der Waals surface area (Å²) in [6.45, 7) is 5.28. The van der Waals surface area contributed by atoms with E-state index in [0.717, 1.165) is 10.9 Å². The Balaban J connectivity index is 0.000000606. The van der Waals surface area contributed by atoms with E-state index >= 15 is 0 Å². The third-order valence-electron chi connectivity index (χ3n) is 2.15. The van der Waals surface area contributed by atoms with E-state index in [1.165, 1.54) is 6.92 Å². The molecule has 0 radical (unpaired) electrons. The summed E-state index contributed by atoms with van der Waals surface area (Å²) < 4.78 is 0. The van der Waals surface area contributed by atoms with Crippen LogP contribution in [-0.2, 0) is 4.79 Å². The van der Waals surface area contributed by atoms with Crippen molar-refractivity contribution in [2.75, 3.05) is 0 Å². The minimum atomic E-state index is -0.442. The number of aromatic amines is 1. The molecule has 0 unspecified atom stereocenters. The highest BCUT2D eigenvalue weighted by Crippen LogP contribution is 2.18. The number of Topliss-reactive ketones (excluding diaryl/α,β-unsaturated/α-hetero) is 2. The average Bonchev–Trinajstić information content (AvgIpc) is 2.74. The summed E-state index contributed by atoms with van der Waals surface area (Å²) in [5, 5.41) is 0.799. The number of hydrogen-bond acceptors (Lipinski definition) is 2. The predicted octanol–water partition coefficient (Wildman–Crippen LogP) is 2.97. The molecule has 0 spiro atoms. The molecule has 16 heavy (non-hydrogen) atoms. The first-order valence-electron chi connectivity index (χ1n) is 5.31. The van der Waals surface area contributed by atoms with Crippen molar-refractivity contribution in [3.05, 3.63) is 36.0 Å². The van der Waals surface area contributed by atoms with Gasteiger partial charge in [0.25, 0.3) is 0 Å². The highest BCUT2D eigenvalue weighted by molar-refractivity contribution is 6.45. The van der Waals surface area contributed by atoms with Crippen molar-refractivity contribution in [1.82, 2.24) is 4.98 Å². The van der Waals surface area contributed by atoms with Crippen molar-refractivity contribution in [3.8, 4) is 0 Å². The highest BCUT2D eigenvalue weighted by atomic mass is 16.2. The Bertz CT molecular complexity index is 511. The number of hydrogen-bond donors (Lipinski definition) is 1. The van der Waals surface area contributed by atoms with Gasteiger partial charge in [0.1, 0.15) is 0 Å². The number of rotatable bonds is 2. The van der Waals surface area contributed by atoms with Crippen LogP contribution in [0, 0.1) is 0 Å². The number of ketones is 2. The molecular formula is C13H15NO2. The number of aromatic nitrogens is 1. The van der Waals surface area contributed by atoms with Gasteiger partial charge in [0.15, 0.2) is 5.78 Å². The van der Waals surface area contributed by atoms with Gasteiger partial charge in [-0.3, -0.25) is 9.59 Å². The Morgan fingerprint density at radius 3 is 2.38 bits per heavy atom. The van der Waals surface area contributed by atoms with Crippen LogP contribution >= 0.6 is 0 Å². The molecule has 0 aliphatic carbocycles. The molecule has 3 heteroatoms. The van der Waals surface area contributed by atoms with Gasteiger partial charge in [-0.25, -0.2) is 0 Å². The minimum absolute atomic E-state index is 0.435. The van der Waals surface area contributed by atoms with Crippen molar-refractivity contribution in [2.45, 2.75) is 20.8 Å². The second-order valence-corrected chi connectivity index (χ2v) is 3.13. The van der Waals surface area contributed by atoms with Crippen LogP contribution in [-0.4, -0.2) is 16.6 Å². The summed E-state index contributed by atoms with van der Waals surface area (Å²) in [4.78, 5) is 25.3. The highest BCUT2D eigenvalue weighted by Gasteiger charge is 2.15. The molecule has 0 atom stereocenters. The van der Waals surface area contributed by atoms with Gasteiger partial charge in [-0.15, -0.1) is 0 Å². The first-order valence-corrected chi connectivity index (χ1v) is 5.31. The number of benzene rings is 1. The van der Waals surface area contributed by atoms with Gasteiger partial charge in [0, 0.05) is 24.0 Å². The largest absolute Gasteiger partial charge is 0.360 e. The van der Waals surface area contributed by atoms with Crippen molar-refractivity contribution >= 4 is 22.5 Å². The molecule has 1 aromatic carbocycles. The zero-order valence-electron chi connectivity index (χ0n) is 9.70. The molecule has 0 amide bonds.